The third kappa shape index (κ3) is 2.98. The number of amides is 2. The number of fused-ring (bicyclic) bond motifs is 6. The molecule has 4 aliphatic rings. The molecular formula is C29H35FN2O2. The number of rotatable bonds is 1. The van der Waals surface area contributed by atoms with Gasteiger partial charge in [-0.15, -0.1) is 0 Å². The first kappa shape index (κ1) is 21.9. The van der Waals surface area contributed by atoms with Gasteiger partial charge in [-0.2, -0.15) is 0 Å². The maximum Gasteiger partial charge on any atom is 0.320 e. The minimum Gasteiger partial charge on any atom is -0.508 e. The normalized spacial score (nSPS) is 33.5. The van der Waals surface area contributed by atoms with E-state index in [2.05, 4.69) is 36.6 Å². The van der Waals surface area contributed by atoms with E-state index in [1.807, 2.05) is 18.2 Å². The molecular weight excluding hydrogens is 427 g/mol. The van der Waals surface area contributed by atoms with Gasteiger partial charge < -0.3 is 14.9 Å². The largest absolute Gasteiger partial charge is 0.508 e. The molecule has 0 aromatic heterocycles. The summed E-state index contributed by atoms with van der Waals surface area (Å²) in [5.41, 5.74) is 3.30. The summed E-state index contributed by atoms with van der Waals surface area (Å²) in [5.74, 6) is 0.555. The molecule has 5 atom stereocenters. The summed E-state index contributed by atoms with van der Waals surface area (Å²) in [7, 11) is 0. The van der Waals surface area contributed by atoms with Gasteiger partial charge in [-0.1, -0.05) is 45.0 Å². The number of halogens is 1. The van der Waals surface area contributed by atoms with E-state index >= 15 is 0 Å². The van der Waals surface area contributed by atoms with Crippen LogP contribution < -0.4 is 0 Å². The van der Waals surface area contributed by atoms with Gasteiger partial charge in [0.2, 0.25) is 0 Å². The second-order valence-electron chi connectivity index (χ2n) is 11.8. The Hall–Kier alpha value is -2.56. The van der Waals surface area contributed by atoms with Crippen LogP contribution in [-0.2, 0) is 11.8 Å². The van der Waals surface area contributed by atoms with Crippen LogP contribution in [0.3, 0.4) is 0 Å². The Balaban J connectivity index is 1.28. The lowest BCUT2D eigenvalue weighted by atomic mass is 9.51. The summed E-state index contributed by atoms with van der Waals surface area (Å²) in [4.78, 5) is 18.5. The zero-order valence-electron chi connectivity index (χ0n) is 20.4. The Morgan fingerprint density at radius 1 is 1.03 bits per heavy atom. The van der Waals surface area contributed by atoms with Crippen LogP contribution in [0.15, 0.2) is 42.5 Å². The lowest BCUT2D eigenvalue weighted by molar-refractivity contribution is -0.0292. The molecule has 4 bridgehead atoms. The molecule has 3 saturated heterocycles. The molecule has 2 amide bonds. The first-order chi connectivity index (χ1) is 16.2. The molecule has 180 valence electrons. The molecule has 3 fully saturated rings. The van der Waals surface area contributed by atoms with Gasteiger partial charge in [-0.05, 0) is 84.7 Å². The van der Waals surface area contributed by atoms with E-state index in [1.54, 1.807) is 18.2 Å². The fraction of sp³-hybridized carbons (Fsp3) is 0.552. The van der Waals surface area contributed by atoms with Gasteiger partial charge in [0.15, 0.2) is 0 Å². The molecule has 5 heteroatoms. The average molecular weight is 463 g/mol. The number of phenolic OH excluding ortho intramolecular Hbond substituents is 1. The number of piperidine rings is 2. The number of hydrogen-bond acceptors (Lipinski definition) is 2. The van der Waals surface area contributed by atoms with Crippen LogP contribution in [-0.4, -0.2) is 45.6 Å². The second kappa shape index (κ2) is 7.47. The van der Waals surface area contributed by atoms with Crippen molar-refractivity contribution in [3.05, 3.63) is 65.0 Å². The second-order valence-corrected chi connectivity index (χ2v) is 11.8. The molecule has 1 N–H and O–H groups in total. The van der Waals surface area contributed by atoms with E-state index in [0.29, 0.717) is 18.1 Å². The van der Waals surface area contributed by atoms with Crippen LogP contribution in [0.5, 0.6) is 5.75 Å². The molecule has 0 saturated carbocycles. The Labute approximate surface area is 201 Å². The summed E-state index contributed by atoms with van der Waals surface area (Å²) < 4.78 is 13.4. The summed E-state index contributed by atoms with van der Waals surface area (Å²) >= 11 is 0. The minimum absolute atomic E-state index is 0.0637. The third-order valence-corrected chi connectivity index (χ3v) is 10.2. The van der Waals surface area contributed by atoms with Gasteiger partial charge in [-0.3, -0.25) is 0 Å². The number of urea groups is 1. The fourth-order valence-electron chi connectivity index (χ4n) is 7.80. The first-order valence-corrected chi connectivity index (χ1v) is 12.9. The monoisotopic (exact) mass is 462 g/mol. The van der Waals surface area contributed by atoms with Crippen LogP contribution in [0.2, 0.25) is 0 Å². The molecule has 3 heterocycles. The molecule has 1 aliphatic carbocycles. The Kier molecular flexibility index (Phi) is 4.82. The summed E-state index contributed by atoms with van der Waals surface area (Å²) in [6.07, 6.45) is 5.63. The quantitative estimate of drug-likeness (QED) is 0.567. The molecule has 6 rings (SSSR count). The number of benzene rings is 2. The highest BCUT2D eigenvalue weighted by molar-refractivity contribution is 5.77. The van der Waals surface area contributed by atoms with E-state index in [1.165, 1.54) is 11.1 Å². The average Bonchev–Trinajstić information content (AvgIpc) is 3.06. The lowest BCUT2D eigenvalue weighted by Gasteiger charge is -2.61. The number of aromatic hydroxyl groups is 1. The van der Waals surface area contributed by atoms with Crippen molar-refractivity contribution in [2.45, 2.75) is 88.8 Å². The SMILES string of the molecule is CC1(C)[C@H]2Cc3c(O)cccc3[C@]1(C)CCN2C(=O)N1[C@@H]2CC[C@H]1C[C@@H](c1ccc(F)cc1)C2. The van der Waals surface area contributed by atoms with Crippen LogP contribution in [0.4, 0.5) is 9.18 Å². The summed E-state index contributed by atoms with van der Waals surface area (Å²) in [5, 5.41) is 10.7. The van der Waals surface area contributed by atoms with E-state index in [-0.39, 0.29) is 40.8 Å². The van der Waals surface area contributed by atoms with Crippen molar-refractivity contribution in [2.24, 2.45) is 5.41 Å². The maximum absolute atomic E-state index is 14.1. The van der Waals surface area contributed by atoms with Crippen LogP contribution >= 0.6 is 0 Å². The Morgan fingerprint density at radius 2 is 1.71 bits per heavy atom. The standard InChI is InChI=1S/C29H35FN2O2/c1-28(2)26-17-23-24(5-4-6-25(23)33)29(28,3)13-14-31(26)27(34)32-21-11-12-22(32)16-19(15-21)18-7-9-20(30)10-8-18/h4-10,19,21-22,26,33H,11-17H2,1-3H3/t19-,21+,22-,26-,29+/m1/s1. The van der Waals surface area contributed by atoms with Crippen molar-refractivity contribution in [1.29, 1.82) is 0 Å². The third-order valence-electron chi connectivity index (χ3n) is 10.2. The number of likely N-dealkylation sites (tertiary alicyclic amines) is 1. The first-order valence-electron chi connectivity index (χ1n) is 12.9. The predicted molar refractivity (Wildman–Crippen MR) is 130 cm³/mol. The van der Waals surface area contributed by atoms with Gasteiger partial charge in [-0.25, -0.2) is 9.18 Å². The van der Waals surface area contributed by atoms with Crippen molar-refractivity contribution in [3.8, 4) is 5.75 Å². The number of nitrogens with zero attached hydrogens (tertiary/aromatic N) is 2. The van der Waals surface area contributed by atoms with Crippen molar-refractivity contribution in [1.82, 2.24) is 9.80 Å². The van der Waals surface area contributed by atoms with Crippen LogP contribution in [0.25, 0.3) is 0 Å². The van der Waals surface area contributed by atoms with Crippen molar-refractivity contribution >= 4 is 6.03 Å². The number of carbonyl (C=O) groups excluding carboxylic acids is 1. The fourth-order valence-corrected chi connectivity index (χ4v) is 7.80. The predicted octanol–water partition coefficient (Wildman–Crippen LogP) is 5.98. The van der Waals surface area contributed by atoms with Gasteiger partial charge >= 0.3 is 6.03 Å². The highest BCUT2D eigenvalue weighted by Gasteiger charge is 2.58. The zero-order chi connectivity index (χ0) is 23.8. The Morgan fingerprint density at radius 3 is 2.38 bits per heavy atom. The van der Waals surface area contributed by atoms with Gasteiger partial charge in [0.1, 0.15) is 11.6 Å². The molecule has 0 spiro atoms. The topological polar surface area (TPSA) is 43.8 Å². The Bertz CT molecular complexity index is 1120. The number of carbonyl (C=O) groups is 1. The van der Waals surface area contributed by atoms with Crippen molar-refractivity contribution in [2.75, 3.05) is 6.54 Å². The molecule has 2 aromatic carbocycles. The van der Waals surface area contributed by atoms with Crippen LogP contribution in [0.1, 0.15) is 75.5 Å². The van der Waals surface area contributed by atoms with E-state index in [4.69, 9.17) is 0 Å². The molecule has 2 aromatic rings. The maximum atomic E-state index is 14.1. The van der Waals surface area contributed by atoms with E-state index in [0.717, 1.165) is 44.2 Å². The number of phenols is 1. The van der Waals surface area contributed by atoms with Gasteiger partial charge in [0.25, 0.3) is 0 Å². The highest BCUT2D eigenvalue weighted by atomic mass is 19.1. The summed E-state index contributed by atoms with van der Waals surface area (Å²) in [6.45, 7) is 7.69. The highest BCUT2D eigenvalue weighted by Crippen LogP contribution is 2.57. The molecule has 0 radical (unpaired) electrons. The lowest BCUT2D eigenvalue weighted by Crippen LogP contribution is -2.67. The van der Waals surface area contributed by atoms with Crippen LogP contribution in [0, 0.1) is 11.2 Å². The smallest absolute Gasteiger partial charge is 0.320 e. The molecule has 4 nitrogen and oxygen atoms in total. The van der Waals surface area contributed by atoms with Gasteiger partial charge in [0.05, 0.1) is 0 Å². The zero-order valence-corrected chi connectivity index (χ0v) is 20.4. The summed E-state index contributed by atoms with van der Waals surface area (Å²) in [6, 6.07) is 13.6. The van der Waals surface area contributed by atoms with E-state index < -0.39 is 0 Å². The minimum atomic E-state index is -0.195. The molecule has 34 heavy (non-hydrogen) atoms. The van der Waals surface area contributed by atoms with Gasteiger partial charge in [0, 0.05) is 30.1 Å². The van der Waals surface area contributed by atoms with Crippen molar-refractivity contribution in [3.63, 3.8) is 0 Å². The molecule has 0 unspecified atom stereocenters. The number of hydrogen-bond donors (Lipinski definition) is 1. The molecule has 3 aliphatic heterocycles. The van der Waals surface area contributed by atoms with E-state index in [9.17, 15) is 14.3 Å². The van der Waals surface area contributed by atoms with Crippen molar-refractivity contribution < 1.29 is 14.3 Å².